The molecule has 5 nitrogen and oxygen atoms in total. The van der Waals surface area contributed by atoms with Gasteiger partial charge in [0.2, 0.25) is 5.91 Å². The number of rotatable bonds is 7. The molecule has 0 unspecified atom stereocenters. The van der Waals surface area contributed by atoms with Crippen molar-refractivity contribution in [2.24, 2.45) is 0 Å². The highest BCUT2D eigenvalue weighted by Gasteiger charge is 2.24. The number of carbonyl (C=O) groups excluding carboxylic acids is 2. The second-order valence-corrected chi connectivity index (χ2v) is 5.93. The largest absolute Gasteiger partial charge is 0.382 e. The first-order valence-corrected chi connectivity index (χ1v) is 8.59. The van der Waals surface area contributed by atoms with Crippen molar-refractivity contribution < 1.29 is 14.3 Å². The van der Waals surface area contributed by atoms with Crippen LogP contribution in [0.5, 0.6) is 0 Å². The van der Waals surface area contributed by atoms with E-state index < -0.39 is 0 Å². The Hall–Kier alpha value is -1.53. The number of amides is 2. The molecule has 0 bridgehead atoms. The van der Waals surface area contributed by atoms with E-state index in [0.29, 0.717) is 37.6 Å². The van der Waals surface area contributed by atoms with E-state index in [4.69, 9.17) is 4.74 Å². The molecule has 0 saturated heterocycles. The Bertz CT molecular complexity index is 548. The second kappa shape index (κ2) is 8.19. The Balaban J connectivity index is 2.02. The molecule has 6 heteroatoms. The van der Waals surface area contributed by atoms with Crippen LogP contribution in [0.15, 0.2) is 23.1 Å². The van der Waals surface area contributed by atoms with Crippen molar-refractivity contribution in [1.82, 2.24) is 5.32 Å². The molecule has 0 atom stereocenters. The van der Waals surface area contributed by atoms with E-state index in [1.165, 1.54) is 11.8 Å². The first-order chi connectivity index (χ1) is 10.7. The molecule has 0 radical (unpaired) electrons. The number of anilines is 1. The summed E-state index contributed by atoms with van der Waals surface area (Å²) in [6.07, 6.45) is 0.792. The van der Waals surface area contributed by atoms with E-state index in [2.05, 4.69) is 5.32 Å². The first-order valence-electron chi connectivity index (χ1n) is 7.60. The number of thioether (sulfide) groups is 1. The van der Waals surface area contributed by atoms with E-state index in [9.17, 15) is 9.59 Å². The maximum absolute atomic E-state index is 12.2. The lowest BCUT2D eigenvalue weighted by Crippen LogP contribution is -2.35. The van der Waals surface area contributed by atoms with Crippen molar-refractivity contribution in [3.63, 3.8) is 0 Å². The van der Waals surface area contributed by atoms with Crippen LogP contribution in [0.3, 0.4) is 0 Å². The van der Waals surface area contributed by atoms with Gasteiger partial charge in [-0.3, -0.25) is 9.59 Å². The molecule has 1 aliphatic rings. The van der Waals surface area contributed by atoms with E-state index in [1.807, 2.05) is 26.0 Å². The molecular formula is C16H22N2O3S. The standard InChI is InChI=1S/C16H22N2O3S/c1-3-18-13-10-12(6-7-14(13)22-11-15(18)19)16(20)17-8-5-9-21-4-2/h6-7,10H,3-5,8-9,11H2,1-2H3,(H,17,20). The molecule has 120 valence electrons. The Labute approximate surface area is 135 Å². The predicted molar refractivity (Wildman–Crippen MR) is 88.6 cm³/mol. The van der Waals surface area contributed by atoms with Gasteiger partial charge in [0.25, 0.3) is 5.91 Å². The van der Waals surface area contributed by atoms with Crippen molar-refractivity contribution in [3.8, 4) is 0 Å². The van der Waals surface area contributed by atoms with Gasteiger partial charge in [-0.25, -0.2) is 0 Å². The summed E-state index contributed by atoms with van der Waals surface area (Å²) in [5.41, 5.74) is 1.43. The van der Waals surface area contributed by atoms with Crippen LogP contribution in [0.4, 0.5) is 5.69 Å². The zero-order valence-electron chi connectivity index (χ0n) is 13.1. The van der Waals surface area contributed by atoms with Crippen molar-refractivity contribution in [2.75, 3.05) is 37.0 Å². The minimum atomic E-state index is -0.113. The number of benzene rings is 1. The van der Waals surface area contributed by atoms with Crippen LogP contribution in [0, 0.1) is 0 Å². The Morgan fingerprint density at radius 2 is 2.23 bits per heavy atom. The van der Waals surface area contributed by atoms with Crippen molar-refractivity contribution in [2.45, 2.75) is 25.2 Å². The lowest BCUT2D eigenvalue weighted by molar-refractivity contribution is -0.116. The van der Waals surface area contributed by atoms with Crippen LogP contribution in [0.1, 0.15) is 30.6 Å². The maximum atomic E-state index is 12.2. The van der Waals surface area contributed by atoms with E-state index >= 15 is 0 Å². The SMILES string of the molecule is CCOCCCNC(=O)c1ccc2c(c1)N(CC)C(=O)CS2. The van der Waals surface area contributed by atoms with Crippen molar-refractivity contribution >= 4 is 29.3 Å². The van der Waals surface area contributed by atoms with Gasteiger partial charge < -0.3 is 15.0 Å². The number of carbonyl (C=O) groups is 2. The van der Waals surface area contributed by atoms with E-state index in [-0.39, 0.29) is 11.8 Å². The van der Waals surface area contributed by atoms with Crippen LogP contribution in [-0.2, 0) is 9.53 Å². The number of hydrogen-bond acceptors (Lipinski definition) is 4. The van der Waals surface area contributed by atoms with Crippen LogP contribution in [0.2, 0.25) is 0 Å². The van der Waals surface area contributed by atoms with Crippen molar-refractivity contribution in [3.05, 3.63) is 23.8 Å². The molecule has 2 rings (SSSR count). The average Bonchev–Trinajstić information content (AvgIpc) is 2.54. The van der Waals surface area contributed by atoms with Gasteiger partial charge in [0.15, 0.2) is 0 Å². The number of nitrogens with zero attached hydrogens (tertiary/aromatic N) is 1. The second-order valence-electron chi connectivity index (χ2n) is 4.92. The zero-order chi connectivity index (χ0) is 15.9. The number of nitrogens with one attached hydrogen (secondary N) is 1. The molecular weight excluding hydrogens is 300 g/mol. The van der Waals surface area contributed by atoms with Crippen LogP contribution in [-0.4, -0.2) is 43.9 Å². The lowest BCUT2D eigenvalue weighted by atomic mass is 10.1. The highest BCUT2D eigenvalue weighted by Crippen LogP contribution is 2.35. The number of ether oxygens (including phenoxy) is 1. The quantitative estimate of drug-likeness (QED) is 0.783. The minimum absolute atomic E-state index is 0.0919. The molecule has 1 aliphatic heterocycles. The summed E-state index contributed by atoms with van der Waals surface area (Å²) in [6, 6.07) is 5.54. The van der Waals surface area contributed by atoms with Crippen LogP contribution >= 0.6 is 11.8 Å². The third kappa shape index (κ3) is 4.01. The summed E-state index contributed by atoms with van der Waals surface area (Å²) in [4.78, 5) is 26.9. The normalized spacial score (nSPS) is 13.9. The Kier molecular flexibility index (Phi) is 6.27. The van der Waals surface area contributed by atoms with Gasteiger partial charge in [0.05, 0.1) is 11.4 Å². The fourth-order valence-electron chi connectivity index (χ4n) is 2.31. The molecule has 22 heavy (non-hydrogen) atoms. The summed E-state index contributed by atoms with van der Waals surface area (Å²) in [5.74, 6) is 0.441. The number of fused-ring (bicyclic) bond motifs is 1. The molecule has 1 heterocycles. The van der Waals surface area contributed by atoms with E-state index in [0.717, 1.165) is 17.0 Å². The predicted octanol–water partition coefficient (Wildman–Crippen LogP) is 2.30. The Morgan fingerprint density at radius 1 is 1.41 bits per heavy atom. The highest BCUT2D eigenvalue weighted by molar-refractivity contribution is 8.00. The lowest BCUT2D eigenvalue weighted by Gasteiger charge is -2.28. The number of hydrogen-bond donors (Lipinski definition) is 1. The monoisotopic (exact) mass is 322 g/mol. The van der Waals surface area contributed by atoms with Gasteiger partial charge in [-0.15, -0.1) is 11.8 Å². The molecule has 0 saturated carbocycles. The first kappa shape index (κ1) is 16.8. The fraction of sp³-hybridized carbons (Fsp3) is 0.500. The molecule has 0 fully saturated rings. The molecule has 0 aliphatic carbocycles. The molecule has 0 aromatic heterocycles. The summed E-state index contributed by atoms with van der Waals surface area (Å²) in [5, 5.41) is 2.88. The summed E-state index contributed by atoms with van der Waals surface area (Å²) >= 11 is 1.52. The van der Waals surface area contributed by atoms with Gasteiger partial charge in [0.1, 0.15) is 0 Å². The van der Waals surface area contributed by atoms with Gasteiger partial charge in [0, 0.05) is 36.8 Å². The minimum Gasteiger partial charge on any atom is -0.382 e. The van der Waals surface area contributed by atoms with Gasteiger partial charge >= 0.3 is 0 Å². The molecule has 0 spiro atoms. The molecule has 1 N–H and O–H groups in total. The zero-order valence-corrected chi connectivity index (χ0v) is 13.9. The average molecular weight is 322 g/mol. The summed E-state index contributed by atoms with van der Waals surface area (Å²) < 4.78 is 5.24. The van der Waals surface area contributed by atoms with Crippen molar-refractivity contribution in [1.29, 1.82) is 0 Å². The highest BCUT2D eigenvalue weighted by atomic mass is 32.2. The molecule has 1 aromatic rings. The van der Waals surface area contributed by atoms with Gasteiger partial charge in [-0.05, 0) is 38.5 Å². The van der Waals surface area contributed by atoms with Gasteiger partial charge in [-0.2, -0.15) is 0 Å². The van der Waals surface area contributed by atoms with E-state index in [1.54, 1.807) is 11.0 Å². The third-order valence-corrected chi connectivity index (χ3v) is 4.48. The fourth-order valence-corrected chi connectivity index (χ4v) is 3.23. The Morgan fingerprint density at radius 3 is 2.95 bits per heavy atom. The summed E-state index contributed by atoms with van der Waals surface area (Å²) in [7, 11) is 0. The molecule has 1 aromatic carbocycles. The summed E-state index contributed by atoms with van der Waals surface area (Å²) in [6.45, 7) is 6.43. The van der Waals surface area contributed by atoms with Gasteiger partial charge in [-0.1, -0.05) is 0 Å². The van der Waals surface area contributed by atoms with Crippen LogP contribution < -0.4 is 10.2 Å². The molecule has 2 amide bonds. The van der Waals surface area contributed by atoms with Crippen LogP contribution in [0.25, 0.3) is 0 Å². The topological polar surface area (TPSA) is 58.6 Å². The maximum Gasteiger partial charge on any atom is 0.251 e. The third-order valence-electron chi connectivity index (χ3n) is 3.44. The smallest absolute Gasteiger partial charge is 0.251 e.